The Morgan fingerprint density at radius 3 is 2.82 bits per heavy atom. The molecule has 2 rings (SSSR count). The molecule has 1 N–H and O–H groups in total. The van der Waals surface area contributed by atoms with Crippen LogP contribution in [0.3, 0.4) is 0 Å². The van der Waals surface area contributed by atoms with Crippen LogP contribution in [0.1, 0.15) is 35.8 Å². The third kappa shape index (κ3) is 2.69. The lowest BCUT2D eigenvalue weighted by atomic mass is 9.94. The zero-order valence-corrected chi connectivity index (χ0v) is 12.2. The minimum atomic E-state index is 0.283. The first-order valence-electron chi connectivity index (χ1n) is 6.44. The molecule has 1 atom stereocenters. The molecular weight excluding hydrogens is 230 g/mol. The summed E-state index contributed by atoms with van der Waals surface area (Å²) in [5.74, 6) is 0. The summed E-state index contributed by atoms with van der Waals surface area (Å²) in [5.41, 5.74) is 1.48. The van der Waals surface area contributed by atoms with E-state index in [1.54, 1.807) is 0 Å². The van der Waals surface area contributed by atoms with Gasteiger partial charge in [-0.25, -0.2) is 4.98 Å². The van der Waals surface area contributed by atoms with E-state index in [1.165, 1.54) is 22.0 Å². The third-order valence-corrected chi connectivity index (χ3v) is 5.05. The van der Waals surface area contributed by atoms with Gasteiger partial charge in [0.15, 0.2) is 0 Å². The molecule has 1 aliphatic heterocycles. The van der Waals surface area contributed by atoms with Crippen molar-refractivity contribution in [3.63, 3.8) is 0 Å². The Morgan fingerprint density at radius 1 is 1.47 bits per heavy atom. The first-order valence-corrected chi connectivity index (χ1v) is 7.25. The summed E-state index contributed by atoms with van der Waals surface area (Å²) in [6, 6.07) is 0. The van der Waals surface area contributed by atoms with E-state index in [9.17, 15) is 0 Å². The van der Waals surface area contributed by atoms with Crippen LogP contribution in [0.4, 0.5) is 0 Å². The Balaban J connectivity index is 2.10. The molecule has 2 heterocycles. The highest BCUT2D eigenvalue weighted by molar-refractivity contribution is 7.11. The molecule has 0 spiro atoms. The zero-order valence-electron chi connectivity index (χ0n) is 11.3. The zero-order chi connectivity index (χ0) is 12.5. The number of aromatic nitrogens is 1. The van der Waals surface area contributed by atoms with Crippen molar-refractivity contribution in [1.82, 2.24) is 15.2 Å². The molecule has 0 amide bonds. The van der Waals surface area contributed by atoms with E-state index >= 15 is 0 Å². The van der Waals surface area contributed by atoms with Crippen molar-refractivity contribution in [2.75, 3.05) is 19.6 Å². The second kappa shape index (κ2) is 5.04. The summed E-state index contributed by atoms with van der Waals surface area (Å²) in [5, 5.41) is 4.77. The van der Waals surface area contributed by atoms with Crippen LogP contribution in [-0.4, -0.2) is 35.1 Å². The fourth-order valence-electron chi connectivity index (χ4n) is 2.34. The van der Waals surface area contributed by atoms with Gasteiger partial charge in [0.25, 0.3) is 0 Å². The van der Waals surface area contributed by atoms with Gasteiger partial charge in [-0.3, -0.25) is 4.90 Å². The quantitative estimate of drug-likeness (QED) is 0.896. The van der Waals surface area contributed by atoms with Crippen molar-refractivity contribution in [2.24, 2.45) is 0 Å². The van der Waals surface area contributed by atoms with Gasteiger partial charge >= 0.3 is 0 Å². The average Bonchev–Trinajstić information content (AvgIpc) is 2.62. The highest BCUT2D eigenvalue weighted by Gasteiger charge is 2.32. The molecule has 0 aromatic carbocycles. The van der Waals surface area contributed by atoms with Crippen LogP contribution in [0.2, 0.25) is 0 Å². The number of nitrogens with zero attached hydrogens (tertiary/aromatic N) is 2. The molecular formula is C13H23N3S. The van der Waals surface area contributed by atoms with Gasteiger partial charge in [0.05, 0.1) is 12.2 Å². The second-order valence-corrected chi connectivity index (χ2v) is 6.49. The average molecular weight is 253 g/mol. The Morgan fingerprint density at radius 2 is 2.24 bits per heavy atom. The molecule has 1 aliphatic rings. The number of aryl methyl sites for hydroxylation is 2. The normalized spacial score (nSPS) is 26.4. The van der Waals surface area contributed by atoms with Gasteiger partial charge < -0.3 is 5.32 Å². The fourth-order valence-corrected chi connectivity index (χ4v) is 3.29. The van der Waals surface area contributed by atoms with Crippen LogP contribution < -0.4 is 5.32 Å². The van der Waals surface area contributed by atoms with E-state index in [-0.39, 0.29) is 5.54 Å². The Bertz CT molecular complexity index is 369. The lowest BCUT2D eigenvalue weighted by Crippen LogP contribution is -2.58. The van der Waals surface area contributed by atoms with Gasteiger partial charge in [-0.1, -0.05) is 6.92 Å². The predicted octanol–water partition coefficient (Wildman–Crippen LogP) is 2.33. The monoisotopic (exact) mass is 253 g/mol. The maximum atomic E-state index is 4.66. The summed E-state index contributed by atoms with van der Waals surface area (Å²) in [4.78, 5) is 8.60. The number of rotatable bonds is 3. The molecule has 1 aromatic rings. The van der Waals surface area contributed by atoms with Crippen LogP contribution in [0.15, 0.2) is 0 Å². The topological polar surface area (TPSA) is 28.2 Å². The molecule has 1 unspecified atom stereocenters. The van der Waals surface area contributed by atoms with Crippen LogP contribution in [0.5, 0.6) is 0 Å². The van der Waals surface area contributed by atoms with Crippen molar-refractivity contribution in [3.8, 4) is 0 Å². The van der Waals surface area contributed by atoms with E-state index in [1.807, 2.05) is 11.3 Å². The van der Waals surface area contributed by atoms with Gasteiger partial charge in [-0.15, -0.1) is 11.3 Å². The minimum absolute atomic E-state index is 0.283. The fraction of sp³-hybridized carbons (Fsp3) is 0.769. The Kier molecular flexibility index (Phi) is 3.85. The molecule has 0 saturated carbocycles. The number of piperazine rings is 1. The number of hydrogen-bond acceptors (Lipinski definition) is 4. The second-order valence-electron chi connectivity index (χ2n) is 5.20. The van der Waals surface area contributed by atoms with Crippen LogP contribution >= 0.6 is 11.3 Å². The first-order chi connectivity index (χ1) is 8.05. The largest absolute Gasteiger partial charge is 0.314 e. The molecule has 0 radical (unpaired) electrons. The van der Waals surface area contributed by atoms with Crippen molar-refractivity contribution in [3.05, 3.63) is 15.6 Å². The smallest absolute Gasteiger partial charge is 0.107 e. The van der Waals surface area contributed by atoms with Crippen molar-refractivity contribution < 1.29 is 0 Å². The molecule has 0 bridgehead atoms. The van der Waals surface area contributed by atoms with E-state index in [4.69, 9.17) is 0 Å². The predicted molar refractivity (Wildman–Crippen MR) is 73.6 cm³/mol. The molecule has 1 fully saturated rings. The molecule has 0 aliphatic carbocycles. The third-order valence-electron chi connectivity index (χ3n) is 3.99. The SMILES string of the molecule is CCC1(C)CNCCN1Cc1nc(C)c(C)s1. The van der Waals surface area contributed by atoms with Gasteiger partial charge in [0, 0.05) is 30.1 Å². The Hall–Kier alpha value is -0.450. The number of hydrogen-bond donors (Lipinski definition) is 1. The van der Waals surface area contributed by atoms with E-state index < -0.39 is 0 Å². The lowest BCUT2D eigenvalue weighted by Gasteiger charge is -2.44. The maximum Gasteiger partial charge on any atom is 0.107 e. The maximum absolute atomic E-state index is 4.66. The molecule has 1 aromatic heterocycles. The van der Waals surface area contributed by atoms with Crippen LogP contribution in [0, 0.1) is 13.8 Å². The van der Waals surface area contributed by atoms with E-state index in [0.717, 1.165) is 26.2 Å². The minimum Gasteiger partial charge on any atom is -0.314 e. The van der Waals surface area contributed by atoms with Crippen LogP contribution in [0.25, 0.3) is 0 Å². The van der Waals surface area contributed by atoms with Crippen molar-refractivity contribution >= 4 is 11.3 Å². The highest BCUT2D eigenvalue weighted by atomic mass is 32.1. The first kappa shape index (κ1) is 13.0. The summed E-state index contributed by atoms with van der Waals surface area (Å²) in [6.45, 7) is 13.2. The summed E-state index contributed by atoms with van der Waals surface area (Å²) >= 11 is 1.85. The van der Waals surface area contributed by atoms with Gasteiger partial charge in [-0.2, -0.15) is 0 Å². The van der Waals surface area contributed by atoms with Crippen LogP contribution in [-0.2, 0) is 6.54 Å². The van der Waals surface area contributed by atoms with Gasteiger partial charge in [0.1, 0.15) is 5.01 Å². The number of thiazole rings is 1. The van der Waals surface area contributed by atoms with Gasteiger partial charge in [-0.05, 0) is 27.2 Å². The Labute approximate surface area is 108 Å². The molecule has 96 valence electrons. The highest BCUT2D eigenvalue weighted by Crippen LogP contribution is 2.25. The number of nitrogens with one attached hydrogen (secondary N) is 1. The lowest BCUT2D eigenvalue weighted by molar-refractivity contribution is 0.0636. The summed E-state index contributed by atoms with van der Waals surface area (Å²) < 4.78 is 0. The van der Waals surface area contributed by atoms with Crippen molar-refractivity contribution in [2.45, 2.75) is 46.2 Å². The summed E-state index contributed by atoms with van der Waals surface area (Å²) in [6.07, 6.45) is 1.18. The standard InChI is InChI=1S/C13H23N3S/c1-5-13(4)9-14-6-7-16(13)8-12-15-10(2)11(3)17-12/h14H,5-9H2,1-4H3. The molecule has 1 saturated heterocycles. The molecule has 4 heteroatoms. The molecule has 3 nitrogen and oxygen atoms in total. The van der Waals surface area contributed by atoms with Gasteiger partial charge in [0.2, 0.25) is 0 Å². The molecule has 17 heavy (non-hydrogen) atoms. The van der Waals surface area contributed by atoms with E-state index in [0.29, 0.717) is 0 Å². The van der Waals surface area contributed by atoms with E-state index in [2.05, 4.69) is 42.9 Å². The van der Waals surface area contributed by atoms with Crippen molar-refractivity contribution in [1.29, 1.82) is 0 Å². The summed E-state index contributed by atoms with van der Waals surface area (Å²) in [7, 11) is 0.